The molecule has 4 nitrogen and oxygen atoms in total. The molecule has 1 atom stereocenters. The SMILES string of the molecule is CC(C(=O)Nc1ccccc1N)N(C)Cc1ccsc1. The molecule has 1 unspecified atom stereocenters. The lowest BCUT2D eigenvalue weighted by atomic mass is 10.2. The largest absolute Gasteiger partial charge is 0.397 e. The normalized spacial score (nSPS) is 12.3. The van der Waals surface area contributed by atoms with Crippen molar-refractivity contribution in [2.75, 3.05) is 18.1 Å². The van der Waals surface area contributed by atoms with E-state index in [4.69, 9.17) is 5.73 Å². The summed E-state index contributed by atoms with van der Waals surface area (Å²) in [7, 11) is 1.94. The lowest BCUT2D eigenvalue weighted by Crippen LogP contribution is -2.39. The number of nitrogen functional groups attached to an aromatic ring is 1. The number of carbonyl (C=O) groups excluding carboxylic acids is 1. The number of nitrogens with one attached hydrogen (secondary N) is 1. The third kappa shape index (κ3) is 3.59. The summed E-state index contributed by atoms with van der Waals surface area (Å²) < 4.78 is 0. The fraction of sp³-hybridized carbons (Fsp3) is 0.267. The Hall–Kier alpha value is -1.85. The number of hydrogen-bond acceptors (Lipinski definition) is 4. The molecular weight excluding hydrogens is 270 g/mol. The molecule has 0 aliphatic heterocycles. The van der Waals surface area contributed by atoms with Gasteiger partial charge in [0.05, 0.1) is 17.4 Å². The van der Waals surface area contributed by atoms with Crippen molar-refractivity contribution in [1.29, 1.82) is 0 Å². The fourth-order valence-corrected chi connectivity index (χ4v) is 2.52. The molecule has 0 radical (unpaired) electrons. The molecule has 1 amide bonds. The van der Waals surface area contributed by atoms with Gasteiger partial charge in [0.1, 0.15) is 0 Å². The Morgan fingerprint density at radius 1 is 1.40 bits per heavy atom. The minimum Gasteiger partial charge on any atom is -0.397 e. The van der Waals surface area contributed by atoms with Gasteiger partial charge in [-0.1, -0.05) is 12.1 Å². The monoisotopic (exact) mass is 289 g/mol. The summed E-state index contributed by atoms with van der Waals surface area (Å²) in [6.45, 7) is 2.64. The Labute approximate surface area is 123 Å². The second-order valence-electron chi connectivity index (χ2n) is 4.80. The number of nitrogens with two attached hydrogens (primary N) is 1. The Bertz CT molecular complexity index is 568. The highest BCUT2D eigenvalue weighted by molar-refractivity contribution is 7.07. The molecule has 0 bridgehead atoms. The van der Waals surface area contributed by atoms with E-state index >= 15 is 0 Å². The molecule has 2 rings (SSSR count). The molecule has 5 heteroatoms. The van der Waals surface area contributed by atoms with Crippen LogP contribution in [0.25, 0.3) is 0 Å². The van der Waals surface area contributed by atoms with E-state index in [0.717, 1.165) is 6.54 Å². The summed E-state index contributed by atoms with van der Waals surface area (Å²) in [5, 5.41) is 7.00. The number of likely N-dealkylation sites (N-methyl/N-ethyl adjacent to an activating group) is 1. The number of carbonyl (C=O) groups is 1. The van der Waals surface area contributed by atoms with E-state index in [1.165, 1.54) is 5.56 Å². The molecule has 0 saturated heterocycles. The molecule has 20 heavy (non-hydrogen) atoms. The molecular formula is C15H19N3OS. The van der Waals surface area contributed by atoms with Crippen molar-refractivity contribution in [3.63, 3.8) is 0 Å². The highest BCUT2D eigenvalue weighted by Gasteiger charge is 2.18. The van der Waals surface area contributed by atoms with Crippen LogP contribution in [0.1, 0.15) is 12.5 Å². The van der Waals surface area contributed by atoms with E-state index in [1.54, 1.807) is 23.5 Å². The molecule has 0 fully saturated rings. The van der Waals surface area contributed by atoms with Gasteiger partial charge in [-0.15, -0.1) is 0 Å². The Morgan fingerprint density at radius 2 is 2.15 bits per heavy atom. The number of thiophene rings is 1. The molecule has 0 saturated carbocycles. The van der Waals surface area contributed by atoms with Crippen molar-refractivity contribution in [3.05, 3.63) is 46.7 Å². The van der Waals surface area contributed by atoms with E-state index < -0.39 is 0 Å². The molecule has 0 aliphatic rings. The van der Waals surface area contributed by atoms with Crippen LogP contribution in [-0.2, 0) is 11.3 Å². The van der Waals surface area contributed by atoms with E-state index in [9.17, 15) is 4.79 Å². The summed E-state index contributed by atoms with van der Waals surface area (Å²) >= 11 is 1.66. The predicted molar refractivity (Wildman–Crippen MR) is 84.7 cm³/mol. The van der Waals surface area contributed by atoms with Gasteiger partial charge in [0.2, 0.25) is 5.91 Å². The van der Waals surface area contributed by atoms with Crippen LogP contribution in [0.15, 0.2) is 41.1 Å². The smallest absolute Gasteiger partial charge is 0.241 e. The fourth-order valence-electron chi connectivity index (χ4n) is 1.86. The van der Waals surface area contributed by atoms with Gasteiger partial charge >= 0.3 is 0 Å². The van der Waals surface area contributed by atoms with Crippen molar-refractivity contribution in [2.45, 2.75) is 19.5 Å². The second-order valence-corrected chi connectivity index (χ2v) is 5.58. The topological polar surface area (TPSA) is 58.4 Å². The lowest BCUT2D eigenvalue weighted by Gasteiger charge is -2.23. The van der Waals surface area contributed by atoms with Gasteiger partial charge in [-0.2, -0.15) is 11.3 Å². The molecule has 1 aromatic heterocycles. The van der Waals surface area contributed by atoms with E-state index in [1.807, 2.05) is 36.4 Å². The number of nitrogens with zero attached hydrogens (tertiary/aromatic N) is 1. The predicted octanol–water partition coefficient (Wildman–Crippen LogP) is 2.79. The van der Waals surface area contributed by atoms with Crippen LogP contribution in [0, 0.1) is 0 Å². The first kappa shape index (κ1) is 14.6. The Balaban J connectivity index is 1.96. The Morgan fingerprint density at radius 3 is 2.80 bits per heavy atom. The highest BCUT2D eigenvalue weighted by Crippen LogP contribution is 2.18. The summed E-state index contributed by atoms with van der Waals surface area (Å²) in [5.74, 6) is -0.0550. The van der Waals surface area contributed by atoms with Crippen molar-refractivity contribution in [2.24, 2.45) is 0 Å². The van der Waals surface area contributed by atoms with Crippen LogP contribution in [0.5, 0.6) is 0 Å². The van der Waals surface area contributed by atoms with E-state index in [0.29, 0.717) is 11.4 Å². The number of anilines is 2. The maximum absolute atomic E-state index is 12.2. The van der Waals surface area contributed by atoms with Crippen molar-refractivity contribution in [3.8, 4) is 0 Å². The maximum atomic E-state index is 12.2. The van der Waals surface area contributed by atoms with Crippen molar-refractivity contribution >= 4 is 28.6 Å². The standard InChI is InChI=1S/C15H19N3OS/c1-11(18(2)9-12-7-8-20-10-12)15(19)17-14-6-4-3-5-13(14)16/h3-8,10-11H,9,16H2,1-2H3,(H,17,19). The van der Waals surface area contributed by atoms with Crippen molar-refractivity contribution in [1.82, 2.24) is 4.90 Å². The van der Waals surface area contributed by atoms with Gasteiger partial charge in [0.15, 0.2) is 0 Å². The summed E-state index contributed by atoms with van der Waals surface area (Å²) in [6, 6.07) is 9.12. The van der Waals surface area contributed by atoms with Gasteiger partial charge in [-0.3, -0.25) is 9.69 Å². The minimum absolute atomic E-state index is 0.0550. The molecule has 1 aromatic carbocycles. The summed E-state index contributed by atoms with van der Waals surface area (Å²) in [6.07, 6.45) is 0. The maximum Gasteiger partial charge on any atom is 0.241 e. The number of hydrogen-bond donors (Lipinski definition) is 2. The summed E-state index contributed by atoms with van der Waals surface area (Å²) in [4.78, 5) is 14.2. The molecule has 1 heterocycles. The van der Waals surface area contributed by atoms with Gasteiger partial charge < -0.3 is 11.1 Å². The van der Waals surface area contributed by atoms with E-state index in [-0.39, 0.29) is 11.9 Å². The first-order valence-corrected chi connectivity index (χ1v) is 7.39. The van der Waals surface area contributed by atoms with E-state index in [2.05, 4.69) is 16.8 Å². The first-order valence-electron chi connectivity index (χ1n) is 6.44. The minimum atomic E-state index is -0.227. The molecule has 106 valence electrons. The zero-order valence-corrected chi connectivity index (χ0v) is 12.5. The Kier molecular flexibility index (Phi) is 4.76. The average Bonchev–Trinajstić information content (AvgIpc) is 2.93. The van der Waals surface area contributed by atoms with Crippen molar-refractivity contribution < 1.29 is 4.79 Å². The first-order chi connectivity index (χ1) is 9.58. The molecule has 2 aromatic rings. The number of para-hydroxylation sites is 2. The van der Waals surface area contributed by atoms with Crippen LogP contribution >= 0.6 is 11.3 Å². The zero-order valence-electron chi connectivity index (χ0n) is 11.7. The second kappa shape index (κ2) is 6.54. The quantitative estimate of drug-likeness (QED) is 0.832. The van der Waals surface area contributed by atoms with Gasteiger partial charge in [0, 0.05) is 6.54 Å². The average molecular weight is 289 g/mol. The van der Waals surface area contributed by atoms with Crippen LogP contribution < -0.4 is 11.1 Å². The van der Waals surface area contributed by atoms with Crippen LogP contribution in [0.4, 0.5) is 11.4 Å². The van der Waals surface area contributed by atoms with Gasteiger partial charge in [0.25, 0.3) is 0 Å². The van der Waals surface area contributed by atoms with Crippen LogP contribution in [0.2, 0.25) is 0 Å². The highest BCUT2D eigenvalue weighted by atomic mass is 32.1. The lowest BCUT2D eigenvalue weighted by molar-refractivity contribution is -0.120. The third-order valence-electron chi connectivity index (χ3n) is 3.27. The zero-order chi connectivity index (χ0) is 14.5. The number of rotatable bonds is 5. The van der Waals surface area contributed by atoms with Crippen LogP contribution in [0.3, 0.4) is 0 Å². The van der Waals surface area contributed by atoms with Gasteiger partial charge in [-0.05, 0) is 48.5 Å². The number of benzene rings is 1. The molecule has 0 aliphatic carbocycles. The molecule has 3 N–H and O–H groups in total. The summed E-state index contributed by atoms with van der Waals surface area (Å²) in [5.41, 5.74) is 8.28. The van der Waals surface area contributed by atoms with Crippen LogP contribution in [-0.4, -0.2) is 23.9 Å². The van der Waals surface area contributed by atoms with Gasteiger partial charge in [-0.25, -0.2) is 0 Å². The molecule has 0 spiro atoms. The third-order valence-corrected chi connectivity index (χ3v) is 4.00. The number of amides is 1.